The summed E-state index contributed by atoms with van der Waals surface area (Å²) in [6, 6.07) is 30.3. The Bertz CT molecular complexity index is 1870. The molecule has 0 N–H and O–H groups in total. The number of hydrogen-bond acceptors (Lipinski definition) is 6. The molecule has 0 aliphatic carbocycles. The van der Waals surface area contributed by atoms with Gasteiger partial charge in [0, 0.05) is 73.0 Å². The Morgan fingerprint density at radius 3 is 0.725 bits per heavy atom. The predicted molar refractivity (Wildman–Crippen MR) is 209 cm³/mol. The van der Waals surface area contributed by atoms with E-state index in [0.29, 0.717) is 0 Å². The van der Waals surface area contributed by atoms with Crippen LogP contribution in [0, 0.1) is 69.5 Å². The molecule has 0 aliphatic rings. The van der Waals surface area contributed by atoms with Crippen LogP contribution in [-0.4, -0.2) is 39.3 Å². The molecule has 0 spiro atoms. The molecule has 0 unspecified atom stereocenters. The van der Waals surface area contributed by atoms with E-state index in [2.05, 4.69) is 110 Å². The van der Waals surface area contributed by atoms with Crippen molar-refractivity contribution in [3.63, 3.8) is 0 Å². The quantitative estimate of drug-likeness (QED) is 0.168. The first kappa shape index (κ1) is 37.3. The summed E-state index contributed by atoms with van der Waals surface area (Å²) < 4.78 is 0. The second-order valence-electron chi connectivity index (χ2n) is 11.5. The zero-order valence-electron chi connectivity index (χ0n) is 30.4. The molecule has 4 rings (SSSR count). The van der Waals surface area contributed by atoms with Crippen molar-refractivity contribution in [2.75, 3.05) is 54.0 Å². The Morgan fingerprint density at radius 1 is 0.333 bits per heavy atom. The molecular weight excluding hydrogens is 625 g/mol. The molecule has 0 bridgehead atoms. The fourth-order valence-electron chi connectivity index (χ4n) is 5.90. The fraction of sp³-hybridized carbons (Fsp3) is 0.267. The molecule has 51 heavy (non-hydrogen) atoms. The minimum Gasteiger partial charge on any atom is -0.372 e. The van der Waals surface area contributed by atoms with E-state index in [9.17, 15) is 15.8 Å². The van der Waals surface area contributed by atoms with Crippen molar-refractivity contribution in [3.8, 4) is 53.7 Å². The third kappa shape index (κ3) is 8.73. The van der Waals surface area contributed by atoms with Crippen LogP contribution in [0.25, 0.3) is 0 Å². The first-order chi connectivity index (χ1) is 24.9. The second kappa shape index (κ2) is 18.3. The standard InChI is InChI=1S/C45H42N6/c1-7-49(8-2)37-22-13-34(14-23-37)19-28-40-43(31-46)41(29-20-35-15-24-38(25-16-35)50(9-3)10-4)45(33-48)42(44(40)32-47)30-21-36-17-26-39(27-18-36)51(11-5)12-6/h13-18,22-27H,7-12H2,1-6H3. The average molecular weight is 667 g/mol. The van der Waals surface area contributed by atoms with E-state index in [4.69, 9.17) is 0 Å². The molecule has 0 saturated carbocycles. The molecule has 0 heterocycles. The minimum absolute atomic E-state index is 0.0803. The van der Waals surface area contributed by atoms with Gasteiger partial charge in [-0.05, 0) is 114 Å². The Hall–Kier alpha value is -6.57. The van der Waals surface area contributed by atoms with Crippen molar-refractivity contribution in [1.82, 2.24) is 0 Å². The van der Waals surface area contributed by atoms with Gasteiger partial charge in [0.15, 0.2) is 0 Å². The van der Waals surface area contributed by atoms with Crippen molar-refractivity contribution in [3.05, 3.63) is 123 Å². The summed E-state index contributed by atoms with van der Waals surface area (Å²) in [5.74, 6) is 18.8. The Morgan fingerprint density at radius 2 is 0.549 bits per heavy atom. The molecule has 6 heteroatoms. The van der Waals surface area contributed by atoms with E-state index < -0.39 is 0 Å². The first-order valence-corrected chi connectivity index (χ1v) is 17.4. The monoisotopic (exact) mass is 666 g/mol. The van der Waals surface area contributed by atoms with Crippen molar-refractivity contribution in [2.24, 2.45) is 0 Å². The topological polar surface area (TPSA) is 81.1 Å². The highest BCUT2D eigenvalue weighted by molar-refractivity contribution is 5.76. The molecule has 252 valence electrons. The van der Waals surface area contributed by atoms with Crippen molar-refractivity contribution >= 4 is 17.1 Å². The third-order valence-corrected chi connectivity index (χ3v) is 8.82. The maximum atomic E-state index is 10.5. The molecule has 0 saturated heterocycles. The summed E-state index contributed by atoms with van der Waals surface area (Å²) in [5, 5.41) is 31.5. The molecule has 4 aromatic rings. The van der Waals surface area contributed by atoms with Crippen LogP contribution < -0.4 is 14.7 Å². The molecule has 0 aromatic heterocycles. The van der Waals surface area contributed by atoms with Gasteiger partial charge in [-0.2, -0.15) is 15.8 Å². The summed E-state index contributed by atoms with van der Waals surface area (Å²) in [4.78, 5) is 6.72. The zero-order valence-corrected chi connectivity index (χ0v) is 30.4. The lowest BCUT2D eigenvalue weighted by molar-refractivity contribution is 0.866. The number of nitrogens with zero attached hydrogens (tertiary/aromatic N) is 6. The molecule has 0 amide bonds. The van der Waals surface area contributed by atoms with Gasteiger partial charge in [0.1, 0.15) is 18.2 Å². The van der Waals surface area contributed by atoms with E-state index in [1.165, 1.54) is 0 Å². The van der Waals surface area contributed by atoms with Crippen LogP contribution in [0.4, 0.5) is 17.1 Å². The van der Waals surface area contributed by atoms with Crippen LogP contribution in [0.2, 0.25) is 0 Å². The molecular formula is C45H42N6. The van der Waals surface area contributed by atoms with Gasteiger partial charge in [-0.15, -0.1) is 0 Å². The highest BCUT2D eigenvalue weighted by Gasteiger charge is 2.22. The normalized spacial score (nSPS) is 9.71. The first-order valence-electron chi connectivity index (χ1n) is 17.4. The largest absolute Gasteiger partial charge is 0.372 e. The second-order valence-corrected chi connectivity index (χ2v) is 11.5. The van der Waals surface area contributed by atoms with E-state index in [-0.39, 0.29) is 33.4 Å². The fourth-order valence-corrected chi connectivity index (χ4v) is 5.90. The molecule has 4 aromatic carbocycles. The maximum Gasteiger partial charge on any atom is 0.102 e. The number of anilines is 3. The van der Waals surface area contributed by atoms with Gasteiger partial charge in [-0.1, -0.05) is 35.5 Å². The number of hydrogen-bond donors (Lipinski definition) is 0. The molecule has 6 nitrogen and oxygen atoms in total. The lowest BCUT2D eigenvalue weighted by Gasteiger charge is -2.20. The summed E-state index contributed by atoms with van der Waals surface area (Å²) in [6.07, 6.45) is 0. The van der Waals surface area contributed by atoms with Crippen molar-refractivity contribution in [1.29, 1.82) is 15.8 Å². The highest BCUT2D eigenvalue weighted by Crippen LogP contribution is 2.27. The lowest BCUT2D eigenvalue weighted by Crippen LogP contribution is -2.21. The third-order valence-electron chi connectivity index (χ3n) is 8.82. The zero-order chi connectivity index (χ0) is 36.8. The van der Waals surface area contributed by atoms with Crippen LogP contribution in [0.3, 0.4) is 0 Å². The van der Waals surface area contributed by atoms with Gasteiger partial charge in [0.05, 0.1) is 33.4 Å². The molecule has 0 atom stereocenters. The number of benzene rings is 4. The van der Waals surface area contributed by atoms with Gasteiger partial charge in [-0.3, -0.25) is 0 Å². The van der Waals surface area contributed by atoms with E-state index >= 15 is 0 Å². The van der Waals surface area contributed by atoms with E-state index in [1.807, 2.05) is 72.8 Å². The maximum absolute atomic E-state index is 10.5. The average Bonchev–Trinajstić information content (AvgIpc) is 3.17. The summed E-state index contributed by atoms with van der Waals surface area (Å²) in [5.41, 5.74) is 6.29. The van der Waals surface area contributed by atoms with E-state index in [0.717, 1.165) is 73.0 Å². The Labute approximate surface area is 304 Å². The number of nitriles is 3. The SMILES string of the molecule is CCN(CC)c1ccc(C#Cc2c(C#N)c(C#Cc3ccc(N(CC)CC)cc3)c(C#N)c(C#Cc3ccc(N(CC)CC)cc3)c2C#N)cc1. The smallest absolute Gasteiger partial charge is 0.102 e. The van der Waals surface area contributed by atoms with Gasteiger partial charge in [0.25, 0.3) is 0 Å². The van der Waals surface area contributed by atoms with Crippen LogP contribution in [0.5, 0.6) is 0 Å². The molecule has 0 fully saturated rings. The van der Waals surface area contributed by atoms with Crippen LogP contribution in [-0.2, 0) is 0 Å². The van der Waals surface area contributed by atoms with Crippen LogP contribution in [0.15, 0.2) is 72.8 Å². The summed E-state index contributed by atoms with van der Waals surface area (Å²) in [6.45, 7) is 18.0. The van der Waals surface area contributed by atoms with Gasteiger partial charge in [-0.25, -0.2) is 0 Å². The van der Waals surface area contributed by atoms with E-state index in [1.54, 1.807) is 0 Å². The van der Waals surface area contributed by atoms with Gasteiger partial charge >= 0.3 is 0 Å². The van der Waals surface area contributed by atoms with Crippen LogP contribution >= 0.6 is 0 Å². The number of rotatable bonds is 9. The molecule has 0 aliphatic heterocycles. The molecule has 0 radical (unpaired) electrons. The minimum atomic E-state index is 0.0803. The summed E-state index contributed by atoms with van der Waals surface area (Å²) in [7, 11) is 0. The van der Waals surface area contributed by atoms with Gasteiger partial charge in [0.2, 0.25) is 0 Å². The summed E-state index contributed by atoms with van der Waals surface area (Å²) >= 11 is 0. The highest BCUT2D eigenvalue weighted by atomic mass is 15.1. The van der Waals surface area contributed by atoms with Crippen molar-refractivity contribution in [2.45, 2.75) is 41.5 Å². The lowest BCUT2D eigenvalue weighted by atomic mass is 9.87. The van der Waals surface area contributed by atoms with Gasteiger partial charge < -0.3 is 14.7 Å². The Balaban J connectivity index is 1.92. The Kier molecular flexibility index (Phi) is 13.3. The van der Waals surface area contributed by atoms with Crippen LogP contribution in [0.1, 0.15) is 91.6 Å². The predicted octanol–water partition coefficient (Wildman–Crippen LogP) is 8.04. The van der Waals surface area contributed by atoms with Crippen molar-refractivity contribution < 1.29 is 0 Å².